The van der Waals surface area contributed by atoms with Gasteiger partial charge in [0.1, 0.15) is 0 Å². The molecule has 2 rings (SSSR count). The van der Waals surface area contributed by atoms with Gasteiger partial charge in [0.2, 0.25) is 0 Å². The number of aliphatic hydroxyl groups is 1. The van der Waals surface area contributed by atoms with Gasteiger partial charge in [0.15, 0.2) is 0 Å². The van der Waals surface area contributed by atoms with Gasteiger partial charge >= 0.3 is 0 Å². The molecule has 1 saturated carbocycles. The second-order valence-corrected chi connectivity index (χ2v) is 5.20. The molecule has 1 fully saturated rings. The second-order valence-electron chi connectivity index (χ2n) is 5.20. The Hall–Kier alpha value is -1.33. The van der Waals surface area contributed by atoms with E-state index in [-0.39, 0.29) is 0 Å². The molecule has 17 heavy (non-hydrogen) atoms. The van der Waals surface area contributed by atoms with Gasteiger partial charge in [0, 0.05) is 0 Å². The summed E-state index contributed by atoms with van der Waals surface area (Å²) in [7, 11) is 0. The zero-order valence-electron chi connectivity index (χ0n) is 10.3. The highest BCUT2D eigenvalue weighted by molar-refractivity contribution is 5.33. The molecule has 1 unspecified atom stereocenters. The Kier molecular flexibility index (Phi) is 3.81. The number of nitrogens with zero attached hydrogens (tertiary/aromatic N) is 1. The zero-order chi connectivity index (χ0) is 12.3. The average Bonchev–Trinajstić information content (AvgIpc) is 2.39. The van der Waals surface area contributed by atoms with E-state index in [1.165, 1.54) is 12.8 Å². The molecule has 2 nitrogen and oxygen atoms in total. The van der Waals surface area contributed by atoms with Crippen LogP contribution in [-0.2, 0) is 0 Å². The Balaban J connectivity index is 2.08. The second kappa shape index (κ2) is 5.33. The van der Waals surface area contributed by atoms with Gasteiger partial charge in [-0.2, -0.15) is 5.26 Å². The van der Waals surface area contributed by atoms with Crippen LogP contribution < -0.4 is 0 Å². The molecule has 2 heteroatoms. The highest BCUT2D eigenvalue weighted by Gasteiger charge is 2.25. The monoisotopic (exact) mass is 229 g/mol. The predicted octanol–water partition coefficient (Wildman–Crippen LogP) is 3.42. The maximum absolute atomic E-state index is 10.3. The number of hydrogen-bond donors (Lipinski definition) is 1. The summed E-state index contributed by atoms with van der Waals surface area (Å²) in [6, 6.07) is 9.48. The lowest BCUT2D eigenvalue weighted by Crippen LogP contribution is -2.19. The third-order valence-electron chi connectivity index (χ3n) is 3.86. The standard InChI is InChI=1S/C15H19NO/c1-11-5-7-13(8-6-11)15(17)14-4-2-3-12(9-14)10-16/h2-4,9,11,13,15,17H,5-8H2,1H3. The van der Waals surface area contributed by atoms with Crippen molar-refractivity contribution >= 4 is 0 Å². The molecule has 1 N–H and O–H groups in total. The summed E-state index contributed by atoms with van der Waals surface area (Å²) in [4.78, 5) is 0. The SMILES string of the molecule is CC1CCC(C(O)c2cccc(C#N)c2)CC1. The Morgan fingerprint density at radius 1 is 1.29 bits per heavy atom. The van der Waals surface area contributed by atoms with Crippen LogP contribution in [0.25, 0.3) is 0 Å². The van der Waals surface area contributed by atoms with E-state index in [9.17, 15) is 5.11 Å². The number of hydrogen-bond acceptors (Lipinski definition) is 2. The summed E-state index contributed by atoms with van der Waals surface area (Å²) >= 11 is 0. The fourth-order valence-corrected chi connectivity index (χ4v) is 2.67. The maximum atomic E-state index is 10.3. The van der Waals surface area contributed by atoms with E-state index >= 15 is 0 Å². The summed E-state index contributed by atoms with van der Waals surface area (Å²) < 4.78 is 0. The lowest BCUT2D eigenvalue weighted by atomic mass is 9.78. The van der Waals surface area contributed by atoms with Crippen LogP contribution in [0.1, 0.15) is 49.8 Å². The lowest BCUT2D eigenvalue weighted by molar-refractivity contribution is 0.0755. The summed E-state index contributed by atoms with van der Waals surface area (Å²) in [5.74, 6) is 1.16. The molecule has 1 aliphatic rings. The topological polar surface area (TPSA) is 44.0 Å². The molecule has 90 valence electrons. The van der Waals surface area contributed by atoms with Crippen molar-refractivity contribution in [2.75, 3.05) is 0 Å². The quantitative estimate of drug-likeness (QED) is 0.844. The summed E-state index contributed by atoms with van der Waals surface area (Å²) in [6.07, 6.45) is 4.20. The van der Waals surface area contributed by atoms with Crippen LogP contribution in [0.4, 0.5) is 0 Å². The van der Waals surface area contributed by atoms with Crippen molar-refractivity contribution in [2.45, 2.75) is 38.7 Å². The normalized spacial score (nSPS) is 26.2. The first-order chi connectivity index (χ1) is 8.20. The molecular formula is C15H19NO. The Bertz CT molecular complexity index is 413. The molecule has 0 heterocycles. The molecule has 0 aromatic heterocycles. The van der Waals surface area contributed by atoms with Gasteiger partial charge in [-0.25, -0.2) is 0 Å². The molecule has 0 bridgehead atoms. The van der Waals surface area contributed by atoms with E-state index in [4.69, 9.17) is 5.26 Å². The van der Waals surface area contributed by atoms with Crippen LogP contribution in [0.3, 0.4) is 0 Å². The number of benzene rings is 1. The van der Waals surface area contributed by atoms with E-state index in [2.05, 4.69) is 13.0 Å². The highest BCUT2D eigenvalue weighted by Crippen LogP contribution is 2.36. The fourth-order valence-electron chi connectivity index (χ4n) is 2.67. The van der Waals surface area contributed by atoms with E-state index in [0.29, 0.717) is 11.5 Å². The summed E-state index contributed by atoms with van der Waals surface area (Å²) in [6.45, 7) is 2.28. The summed E-state index contributed by atoms with van der Waals surface area (Å²) in [5, 5.41) is 19.2. The van der Waals surface area contributed by atoms with E-state index < -0.39 is 6.10 Å². The molecular weight excluding hydrogens is 210 g/mol. The molecule has 1 aromatic carbocycles. The van der Waals surface area contributed by atoms with Crippen LogP contribution in [-0.4, -0.2) is 5.11 Å². The van der Waals surface area contributed by atoms with E-state index in [1.807, 2.05) is 18.2 Å². The first kappa shape index (κ1) is 12.1. The van der Waals surface area contributed by atoms with Crippen LogP contribution in [0.15, 0.2) is 24.3 Å². The summed E-state index contributed by atoms with van der Waals surface area (Å²) in [5.41, 5.74) is 1.52. The minimum Gasteiger partial charge on any atom is -0.388 e. The van der Waals surface area contributed by atoms with Gasteiger partial charge in [0.05, 0.1) is 17.7 Å². The van der Waals surface area contributed by atoms with Crippen molar-refractivity contribution in [3.05, 3.63) is 35.4 Å². The van der Waals surface area contributed by atoms with Crippen molar-refractivity contribution in [3.8, 4) is 6.07 Å². The number of aliphatic hydroxyl groups excluding tert-OH is 1. The maximum Gasteiger partial charge on any atom is 0.0991 e. The lowest BCUT2D eigenvalue weighted by Gasteiger charge is -2.30. The zero-order valence-corrected chi connectivity index (χ0v) is 10.3. The Morgan fingerprint density at radius 3 is 2.65 bits per heavy atom. The van der Waals surface area contributed by atoms with Crippen molar-refractivity contribution in [2.24, 2.45) is 11.8 Å². The molecule has 1 aliphatic carbocycles. The van der Waals surface area contributed by atoms with Gasteiger partial charge < -0.3 is 5.11 Å². The number of nitriles is 1. The molecule has 0 aliphatic heterocycles. The Labute approximate surface area is 103 Å². The van der Waals surface area contributed by atoms with Gasteiger partial charge in [0.25, 0.3) is 0 Å². The average molecular weight is 229 g/mol. The van der Waals surface area contributed by atoms with Gasteiger partial charge in [-0.1, -0.05) is 31.9 Å². The van der Waals surface area contributed by atoms with Crippen LogP contribution in [0.2, 0.25) is 0 Å². The van der Waals surface area contributed by atoms with Crippen molar-refractivity contribution < 1.29 is 5.11 Å². The predicted molar refractivity (Wildman–Crippen MR) is 67.2 cm³/mol. The molecule has 0 saturated heterocycles. The number of rotatable bonds is 2. The molecule has 0 spiro atoms. The van der Waals surface area contributed by atoms with Crippen molar-refractivity contribution in [3.63, 3.8) is 0 Å². The van der Waals surface area contributed by atoms with Crippen molar-refractivity contribution in [1.29, 1.82) is 5.26 Å². The Morgan fingerprint density at radius 2 is 2.00 bits per heavy atom. The van der Waals surface area contributed by atoms with Gasteiger partial charge in [-0.3, -0.25) is 0 Å². The highest BCUT2D eigenvalue weighted by atomic mass is 16.3. The molecule has 1 atom stereocenters. The first-order valence-electron chi connectivity index (χ1n) is 6.39. The van der Waals surface area contributed by atoms with E-state index in [1.54, 1.807) is 6.07 Å². The largest absolute Gasteiger partial charge is 0.388 e. The minimum atomic E-state index is -0.407. The molecule has 0 radical (unpaired) electrons. The van der Waals surface area contributed by atoms with Crippen LogP contribution >= 0.6 is 0 Å². The third kappa shape index (κ3) is 2.87. The molecule has 1 aromatic rings. The van der Waals surface area contributed by atoms with Crippen LogP contribution in [0.5, 0.6) is 0 Å². The van der Waals surface area contributed by atoms with Crippen molar-refractivity contribution in [1.82, 2.24) is 0 Å². The van der Waals surface area contributed by atoms with Crippen LogP contribution in [0, 0.1) is 23.2 Å². The minimum absolute atomic E-state index is 0.361. The van der Waals surface area contributed by atoms with Gasteiger partial charge in [-0.15, -0.1) is 0 Å². The van der Waals surface area contributed by atoms with Gasteiger partial charge in [-0.05, 0) is 42.4 Å². The third-order valence-corrected chi connectivity index (χ3v) is 3.86. The fraction of sp³-hybridized carbons (Fsp3) is 0.533. The first-order valence-corrected chi connectivity index (χ1v) is 6.39. The van der Waals surface area contributed by atoms with E-state index in [0.717, 1.165) is 24.3 Å². The smallest absolute Gasteiger partial charge is 0.0991 e. The molecule has 0 amide bonds.